The lowest BCUT2D eigenvalue weighted by atomic mass is 10.1. The van der Waals surface area contributed by atoms with Crippen LogP contribution >= 0.6 is 0 Å². The Bertz CT molecular complexity index is 1170. The molecule has 1 aliphatic heterocycles. The highest BCUT2D eigenvalue weighted by Crippen LogP contribution is 2.41. The topological polar surface area (TPSA) is 90.9 Å². The maximum absolute atomic E-state index is 13.6. The van der Waals surface area contributed by atoms with Crippen LogP contribution in [0.25, 0.3) is 5.69 Å². The zero-order valence-corrected chi connectivity index (χ0v) is 16.8. The number of benzene rings is 1. The van der Waals surface area contributed by atoms with Gasteiger partial charge in [-0.25, -0.2) is 4.98 Å². The molecule has 2 atom stereocenters. The second kappa shape index (κ2) is 7.67. The number of anilines is 1. The molecule has 1 N–H and O–H groups in total. The van der Waals surface area contributed by atoms with Crippen molar-refractivity contribution < 1.29 is 18.3 Å². The maximum atomic E-state index is 13.6. The molecule has 0 bridgehead atoms. The van der Waals surface area contributed by atoms with Gasteiger partial charge >= 0.3 is 6.18 Å². The molecular formula is C21H19F3N6O. The Hall–Kier alpha value is -3.45. The van der Waals surface area contributed by atoms with Gasteiger partial charge in [0.25, 0.3) is 0 Å². The van der Waals surface area contributed by atoms with E-state index in [4.69, 9.17) is 0 Å². The average molecular weight is 428 g/mol. The minimum atomic E-state index is -4.71. The Morgan fingerprint density at radius 1 is 1.23 bits per heavy atom. The summed E-state index contributed by atoms with van der Waals surface area (Å²) in [6.07, 6.45) is -3.80. The predicted octanol–water partition coefficient (Wildman–Crippen LogP) is 3.48. The maximum Gasteiger partial charge on any atom is 0.417 e. The molecule has 160 valence electrons. The number of aryl methyl sites for hydroxylation is 2. The molecule has 0 aliphatic carbocycles. The van der Waals surface area contributed by atoms with E-state index in [0.717, 1.165) is 17.3 Å². The van der Waals surface area contributed by atoms with E-state index in [1.807, 2.05) is 31.2 Å². The first-order valence-corrected chi connectivity index (χ1v) is 9.59. The van der Waals surface area contributed by atoms with E-state index >= 15 is 0 Å². The van der Waals surface area contributed by atoms with Gasteiger partial charge < -0.3 is 10.0 Å². The van der Waals surface area contributed by atoms with Crippen LogP contribution in [0, 0.1) is 25.2 Å². The highest BCUT2D eigenvalue weighted by Gasteiger charge is 2.41. The Morgan fingerprint density at radius 2 is 2.00 bits per heavy atom. The monoisotopic (exact) mass is 428 g/mol. The fourth-order valence-electron chi connectivity index (χ4n) is 3.94. The number of hydrogen-bond donors (Lipinski definition) is 1. The number of rotatable bonds is 3. The lowest BCUT2D eigenvalue weighted by Gasteiger charge is -2.27. The third-order valence-corrected chi connectivity index (χ3v) is 5.25. The second-order valence-electron chi connectivity index (χ2n) is 7.58. The molecule has 7 nitrogen and oxygen atoms in total. The molecule has 1 aliphatic rings. The summed E-state index contributed by atoms with van der Waals surface area (Å²) in [6, 6.07) is 9.51. The minimum absolute atomic E-state index is 0.0216. The van der Waals surface area contributed by atoms with E-state index in [2.05, 4.69) is 15.2 Å². The summed E-state index contributed by atoms with van der Waals surface area (Å²) in [5.74, 6) is 0.332. The molecular weight excluding hydrogens is 409 g/mol. The smallest absolute Gasteiger partial charge is 0.391 e. The molecule has 10 heteroatoms. The van der Waals surface area contributed by atoms with Crippen LogP contribution in [0.2, 0.25) is 0 Å². The molecule has 1 aromatic carbocycles. The Kier molecular flexibility index (Phi) is 5.15. The number of pyridine rings is 1. The van der Waals surface area contributed by atoms with Crippen LogP contribution in [0.4, 0.5) is 19.0 Å². The molecule has 0 radical (unpaired) electrons. The second-order valence-corrected chi connectivity index (χ2v) is 7.58. The first kappa shape index (κ1) is 20.8. The summed E-state index contributed by atoms with van der Waals surface area (Å²) in [5.41, 5.74) is 0.315. The van der Waals surface area contributed by atoms with E-state index in [9.17, 15) is 23.5 Å². The zero-order chi connectivity index (χ0) is 22.3. The lowest BCUT2D eigenvalue weighted by molar-refractivity contribution is -0.137. The number of hydrogen-bond acceptors (Lipinski definition) is 6. The van der Waals surface area contributed by atoms with E-state index in [1.165, 1.54) is 18.2 Å². The third-order valence-electron chi connectivity index (χ3n) is 5.25. The Morgan fingerprint density at radius 3 is 2.68 bits per heavy atom. The summed E-state index contributed by atoms with van der Waals surface area (Å²) in [5, 5.41) is 28.1. The van der Waals surface area contributed by atoms with E-state index in [-0.39, 0.29) is 24.5 Å². The molecule has 31 heavy (non-hydrogen) atoms. The van der Waals surface area contributed by atoms with Gasteiger partial charge in [0, 0.05) is 24.3 Å². The number of aliphatic hydroxyl groups excluding tert-OH is 1. The summed E-state index contributed by atoms with van der Waals surface area (Å²) in [4.78, 5) is 5.76. The largest absolute Gasteiger partial charge is 0.417 e. The molecule has 0 spiro atoms. The van der Waals surface area contributed by atoms with Gasteiger partial charge in [-0.1, -0.05) is 12.1 Å². The van der Waals surface area contributed by atoms with Crippen LogP contribution in [0.15, 0.2) is 36.7 Å². The predicted molar refractivity (Wildman–Crippen MR) is 105 cm³/mol. The molecule has 1 fully saturated rings. The van der Waals surface area contributed by atoms with E-state index in [0.29, 0.717) is 5.82 Å². The number of halogens is 3. The van der Waals surface area contributed by atoms with Gasteiger partial charge in [0.2, 0.25) is 0 Å². The fraction of sp³-hybridized carbons (Fsp3) is 0.333. The number of alkyl halides is 3. The normalized spacial score (nSPS) is 18.9. The number of β-amino-alcohol motifs (C(OH)–C–C–N with tert-alkyl or cyclic N) is 1. The minimum Gasteiger partial charge on any atom is -0.391 e. The van der Waals surface area contributed by atoms with Crippen molar-refractivity contribution in [2.75, 3.05) is 11.4 Å². The molecule has 4 rings (SSSR count). The molecule has 0 saturated carbocycles. The first-order valence-electron chi connectivity index (χ1n) is 9.59. The summed E-state index contributed by atoms with van der Waals surface area (Å²) >= 11 is 0. The van der Waals surface area contributed by atoms with Crippen LogP contribution in [-0.2, 0) is 6.18 Å². The molecule has 3 aromatic rings. The van der Waals surface area contributed by atoms with Crippen molar-refractivity contribution in [3.8, 4) is 11.8 Å². The van der Waals surface area contributed by atoms with Crippen LogP contribution in [0.1, 0.15) is 40.7 Å². The third kappa shape index (κ3) is 3.84. The van der Waals surface area contributed by atoms with E-state index in [1.54, 1.807) is 10.6 Å². The molecule has 1 saturated heterocycles. The van der Waals surface area contributed by atoms with Crippen molar-refractivity contribution in [1.82, 2.24) is 19.7 Å². The molecule has 2 aromatic heterocycles. The van der Waals surface area contributed by atoms with Crippen molar-refractivity contribution in [3.05, 3.63) is 64.9 Å². The standard InChI is InChI=1S/C21H19F3N6O/c1-12-4-3-5-14(6-12)30-11-26-28-20(30)18-8-15(31)10-29(18)19-16(9-25)17(21(22,23)24)7-13(2)27-19/h3-7,11,15,18,31H,8,10H2,1-2H3/t15-,18-/m0/s1. The van der Waals surface area contributed by atoms with Crippen LogP contribution in [0.3, 0.4) is 0 Å². The quantitative estimate of drug-likeness (QED) is 0.687. The fourth-order valence-corrected chi connectivity index (χ4v) is 3.94. The van der Waals surface area contributed by atoms with Crippen molar-refractivity contribution in [1.29, 1.82) is 5.26 Å². The first-order chi connectivity index (χ1) is 14.7. The molecule has 3 heterocycles. The van der Waals surface area contributed by atoms with Gasteiger partial charge in [0.1, 0.15) is 23.8 Å². The average Bonchev–Trinajstić information content (AvgIpc) is 3.33. The number of nitrogens with zero attached hydrogens (tertiary/aromatic N) is 6. The van der Waals surface area contributed by atoms with Gasteiger partial charge in [-0.05, 0) is 37.6 Å². The van der Waals surface area contributed by atoms with Crippen LogP contribution in [-0.4, -0.2) is 37.5 Å². The summed E-state index contributed by atoms with van der Waals surface area (Å²) < 4.78 is 42.5. The van der Waals surface area contributed by atoms with Crippen molar-refractivity contribution >= 4 is 5.82 Å². The van der Waals surface area contributed by atoms with Gasteiger partial charge in [-0.2, -0.15) is 18.4 Å². The Balaban J connectivity index is 1.85. The highest BCUT2D eigenvalue weighted by molar-refractivity contribution is 5.61. The van der Waals surface area contributed by atoms with Gasteiger partial charge in [-0.15, -0.1) is 10.2 Å². The number of nitriles is 1. The number of aromatic nitrogens is 4. The van der Waals surface area contributed by atoms with E-state index < -0.39 is 29.4 Å². The Labute approximate surface area is 176 Å². The zero-order valence-electron chi connectivity index (χ0n) is 16.8. The molecule has 0 amide bonds. The highest BCUT2D eigenvalue weighted by atomic mass is 19.4. The van der Waals surface area contributed by atoms with Gasteiger partial charge in [-0.3, -0.25) is 4.57 Å². The van der Waals surface area contributed by atoms with Crippen molar-refractivity contribution in [2.45, 2.75) is 38.6 Å². The number of aliphatic hydroxyl groups is 1. The van der Waals surface area contributed by atoms with Crippen molar-refractivity contribution in [3.63, 3.8) is 0 Å². The van der Waals surface area contributed by atoms with Crippen molar-refractivity contribution in [2.24, 2.45) is 0 Å². The molecule has 0 unspecified atom stereocenters. The van der Waals surface area contributed by atoms with Crippen LogP contribution in [0.5, 0.6) is 0 Å². The van der Waals surface area contributed by atoms with Crippen LogP contribution < -0.4 is 4.90 Å². The SMILES string of the molecule is Cc1cccc(-n2cnnc2[C@@H]2C[C@H](O)CN2c2nc(C)cc(C(F)(F)F)c2C#N)c1. The van der Waals surface area contributed by atoms with Gasteiger partial charge in [0.15, 0.2) is 5.82 Å². The summed E-state index contributed by atoms with van der Waals surface area (Å²) in [6.45, 7) is 3.40. The summed E-state index contributed by atoms with van der Waals surface area (Å²) in [7, 11) is 0. The van der Waals surface area contributed by atoms with Gasteiger partial charge in [0.05, 0.1) is 17.7 Å². The lowest BCUT2D eigenvalue weighted by Crippen LogP contribution is -2.29.